The van der Waals surface area contributed by atoms with Crippen molar-refractivity contribution in [2.24, 2.45) is 0 Å². The Morgan fingerprint density at radius 1 is 1.40 bits per heavy atom. The van der Waals surface area contributed by atoms with Crippen molar-refractivity contribution in [1.29, 1.82) is 0 Å². The molecule has 20 heavy (non-hydrogen) atoms. The summed E-state index contributed by atoms with van der Waals surface area (Å²) in [5, 5.41) is 0. The number of nitrogens with two attached hydrogens (primary N) is 1. The summed E-state index contributed by atoms with van der Waals surface area (Å²) in [6.07, 6.45) is 1.86. The minimum Gasteiger partial charge on any atom is -0.432 e. The Hall–Kier alpha value is -1.63. The molecule has 1 unspecified atom stereocenters. The van der Waals surface area contributed by atoms with Gasteiger partial charge < -0.3 is 20.1 Å². The maximum absolute atomic E-state index is 13.5. The summed E-state index contributed by atoms with van der Waals surface area (Å²) in [5.41, 5.74) is 6.46. The smallest absolute Gasteiger partial charge is 0.387 e. The molecule has 1 heterocycles. The maximum Gasteiger partial charge on any atom is 0.387 e. The number of ether oxygens (including phenoxy) is 2. The van der Waals surface area contributed by atoms with Crippen molar-refractivity contribution < 1.29 is 22.6 Å². The Morgan fingerprint density at radius 3 is 2.80 bits per heavy atom. The van der Waals surface area contributed by atoms with Gasteiger partial charge in [0, 0.05) is 32.3 Å². The average Bonchev–Trinajstić information content (AvgIpc) is 2.41. The average molecular weight is 290 g/mol. The van der Waals surface area contributed by atoms with E-state index in [2.05, 4.69) is 4.74 Å². The van der Waals surface area contributed by atoms with Crippen LogP contribution in [0.15, 0.2) is 12.1 Å². The molecule has 0 amide bonds. The fourth-order valence-electron chi connectivity index (χ4n) is 2.37. The van der Waals surface area contributed by atoms with Gasteiger partial charge in [0.05, 0.1) is 17.5 Å². The number of hydrogen-bond donors (Lipinski definition) is 1. The van der Waals surface area contributed by atoms with Gasteiger partial charge in [-0.15, -0.1) is 0 Å². The van der Waals surface area contributed by atoms with Gasteiger partial charge in [-0.25, -0.2) is 4.39 Å². The van der Waals surface area contributed by atoms with Crippen LogP contribution in [0.2, 0.25) is 0 Å². The number of halogens is 3. The Bertz CT molecular complexity index is 471. The zero-order chi connectivity index (χ0) is 14.7. The first-order valence-corrected chi connectivity index (χ1v) is 6.33. The number of piperidine rings is 1. The van der Waals surface area contributed by atoms with Gasteiger partial charge in [0.1, 0.15) is 0 Å². The number of methoxy groups -OCH3 is 1. The molecule has 1 aromatic carbocycles. The number of rotatable bonds is 4. The zero-order valence-corrected chi connectivity index (χ0v) is 11.1. The minimum atomic E-state index is -3.07. The van der Waals surface area contributed by atoms with Crippen LogP contribution in [-0.4, -0.2) is 32.9 Å². The molecule has 112 valence electrons. The van der Waals surface area contributed by atoms with Crippen LogP contribution in [0.4, 0.5) is 24.5 Å². The molecule has 1 fully saturated rings. The lowest BCUT2D eigenvalue weighted by Gasteiger charge is -2.34. The molecule has 1 saturated heterocycles. The van der Waals surface area contributed by atoms with Gasteiger partial charge in [-0.05, 0) is 12.8 Å². The number of alkyl halides is 2. The summed E-state index contributed by atoms with van der Waals surface area (Å²) in [7, 11) is 1.62. The molecule has 1 aromatic rings. The highest BCUT2D eigenvalue weighted by Gasteiger charge is 2.23. The van der Waals surface area contributed by atoms with Crippen molar-refractivity contribution in [3.63, 3.8) is 0 Å². The fourth-order valence-corrected chi connectivity index (χ4v) is 2.37. The van der Waals surface area contributed by atoms with E-state index in [0.717, 1.165) is 18.9 Å². The number of nitrogen functional groups attached to an aromatic ring is 1. The molecule has 2 N–H and O–H groups in total. The first kappa shape index (κ1) is 14.8. The van der Waals surface area contributed by atoms with E-state index in [1.165, 1.54) is 6.07 Å². The second-order valence-electron chi connectivity index (χ2n) is 4.67. The highest BCUT2D eigenvalue weighted by molar-refractivity contribution is 5.70. The van der Waals surface area contributed by atoms with Crippen LogP contribution in [0.5, 0.6) is 5.75 Å². The Balaban J connectivity index is 2.26. The lowest BCUT2D eigenvalue weighted by atomic mass is 10.1. The van der Waals surface area contributed by atoms with Crippen molar-refractivity contribution in [1.82, 2.24) is 0 Å². The summed E-state index contributed by atoms with van der Waals surface area (Å²) in [4.78, 5) is 1.89. The van der Waals surface area contributed by atoms with Gasteiger partial charge in [0.2, 0.25) is 0 Å². The third-order valence-electron chi connectivity index (χ3n) is 3.35. The highest BCUT2D eigenvalue weighted by Crippen LogP contribution is 2.33. The van der Waals surface area contributed by atoms with E-state index in [0.29, 0.717) is 18.8 Å². The van der Waals surface area contributed by atoms with E-state index in [9.17, 15) is 13.2 Å². The topological polar surface area (TPSA) is 47.7 Å². The predicted octanol–water partition coefficient (Wildman–Crippen LogP) is 2.62. The van der Waals surface area contributed by atoms with Crippen LogP contribution < -0.4 is 15.4 Å². The Kier molecular flexibility index (Phi) is 4.59. The minimum absolute atomic E-state index is 0.0488. The highest BCUT2D eigenvalue weighted by atomic mass is 19.3. The summed E-state index contributed by atoms with van der Waals surface area (Å²) >= 11 is 0. The molecule has 1 atom stereocenters. The number of hydrogen-bond acceptors (Lipinski definition) is 4. The number of nitrogens with zero attached hydrogens (tertiary/aromatic N) is 1. The normalized spacial score (nSPS) is 19.4. The summed E-state index contributed by atoms with van der Waals surface area (Å²) in [6.45, 7) is -1.78. The van der Waals surface area contributed by atoms with Gasteiger partial charge in [-0.1, -0.05) is 0 Å². The molecule has 0 radical (unpaired) electrons. The molecular weight excluding hydrogens is 273 g/mol. The van der Waals surface area contributed by atoms with E-state index in [-0.39, 0.29) is 11.8 Å². The predicted molar refractivity (Wildman–Crippen MR) is 69.7 cm³/mol. The molecule has 2 rings (SSSR count). The van der Waals surface area contributed by atoms with E-state index in [1.54, 1.807) is 7.11 Å². The first-order valence-electron chi connectivity index (χ1n) is 6.33. The maximum atomic E-state index is 13.5. The van der Waals surface area contributed by atoms with Crippen LogP contribution >= 0.6 is 0 Å². The fraction of sp³-hybridized carbons (Fsp3) is 0.538. The molecule has 4 nitrogen and oxygen atoms in total. The second-order valence-corrected chi connectivity index (χ2v) is 4.67. The summed E-state index contributed by atoms with van der Waals surface area (Å²) in [5.74, 6) is -1.39. The third kappa shape index (κ3) is 3.27. The molecule has 1 aliphatic heterocycles. The Labute approximate surface area is 115 Å². The van der Waals surface area contributed by atoms with E-state index in [4.69, 9.17) is 10.5 Å². The van der Waals surface area contributed by atoms with Crippen molar-refractivity contribution in [2.45, 2.75) is 25.6 Å². The van der Waals surface area contributed by atoms with Crippen LogP contribution in [0.3, 0.4) is 0 Å². The van der Waals surface area contributed by atoms with Crippen molar-refractivity contribution >= 4 is 11.4 Å². The van der Waals surface area contributed by atoms with E-state index < -0.39 is 18.2 Å². The van der Waals surface area contributed by atoms with E-state index >= 15 is 0 Å². The summed E-state index contributed by atoms with van der Waals surface area (Å²) < 4.78 is 47.5. The van der Waals surface area contributed by atoms with Crippen LogP contribution in [-0.2, 0) is 4.74 Å². The van der Waals surface area contributed by atoms with Gasteiger partial charge in [-0.2, -0.15) is 8.78 Å². The van der Waals surface area contributed by atoms with Gasteiger partial charge in [-0.3, -0.25) is 0 Å². The van der Waals surface area contributed by atoms with Gasteiger partial charge >= 0.3 is 6.61 Å². The first-order chi connectivity index (χ1) is 9.51. The molecule has 1 aliphatic rings. The lowest BCUT2D eigenvalue weighted by Crippen LogP contribution is -2.39. The van der Waals surface area contributed by atoms with Crippen molar-refractivity contribution in [3.05, 3.63) is 17.9 Å². The SMILES string of the molecule is COC1CCCN(c2cc(OC(F)F)c(F)cc2N)C1. The second kappa shape index (κ2) is 6.21. The van der Waals surface area contributed by atoms with Gasteiger partial charge in [0.15, 0.2) is 11.6 Å². The number of anilines is 2. The summed E-state index contributed by atoms with van der Waals surface area (Å²) in [6, 6.07) is 2.22. The molecule has 0 aliphatic carbocycles. The Morgan fingerprint density at radius 2 is 2.15 bits per heavy atom. The standard InChI is InChI=1S/C13H17F3N2O2/c1-19-8-3-2-4-18(7-8)11-6-12(20-13(15)16)9(14)5-10(11)17/h5-6,8,13H,2-4,7,17H2,1H3. The largest absolute Gasteiger partial charge is 0.432 e. The van der Waals surface area contributed by atoms with Crippen molar-refractivity contribution in [2.75, 3.05) is 30.8 Å². The molecule has 0 saturated carbocycles. The quantitative estimate of drug-likeness (QED) is 0.866. The molecule has 7 heteroatoms. The van der Waals surface area contributed by atoms with Crippen molar-refractivity contribution in [3.8, 4) is 5.75 Å². The monoisotopic (exact) mass is 290 g/mol. The van der Waals surface area contributed by atoms with Crippen LogP contribution in [0.25, 0.3) is 0 Å². The van der Waals surface area contributed by atoms with E-state index in [1.807, 2.05) is 4.90 Å². The zero-order valence-electron chi connectivity index (χ0n) is 11.1. The van der Waals surface area contributed by atoms with Crippen LogP contribution in [0.1, 0.15) is 12.8 Å². The number of benzene rings is 1. The molecule has 0 aromatic heterocycles. The molecule has 0 spiro atoms. The van der Waals surface area contributed by atoms with Gasteiger partial charge in [0.25, 0.3) is 0 Å². The molecular formula is C13H17F3N2O2. The third-order valence-corrected chi connectivity index (χ3v) is 3.35. The molecule has 0 bridgehead atoms. The van der Waals surface area contributed by atoms with Crippen LogP contribution in [0, 0.1) is 5.82 Å². The lowest BCUT2D eigenvalue weighted by molar-refractivity contribution is -0.0521.